The maximum absolute atomic E-state index is 12.4. The Balaban J connectivity index is 1.84. The molecule has 2 aromatic rings. The fraction of sp³-hybridized carbons (Fsp3) is 0.467. The summed E-state index contributed by atoms with van der Waals surface area (Å²) in [6, 6.07) is 3.97. The van der Waals surface area contributed by atoms with Crippen molar-refractivity contribution in [3.8, 4) is 0 Å². The summed E-state index contributed by atoms with van der Waals surface area (Å²) in [5.74, 6) is 0.122. The van der Waals surface area contributed by atoms with Gasteiger partial charge in [-0.3, -0.25) is 4.79 Å². The molecule has 3 rings (SSSR count). The van der Waals surface area contributed by atoms with E-state index in [1.165, 1.54) is 0 Å². The zero-order valence-electron chi connectivity index (χ0n) is 12.2. The standard InChI is InChI=1S/C15H20N4O2/c1-16-9-12-10-19(15-13(12)3-2-4-17-15)11-14(20)18-5-7-21-8-6-18/h2-4,10,16H,5-9,11H2,1H3. The number of nitrogens with zero attached hydrogens (tertiary/aromatic N) is 3. The first-order chi connectivity index (χ1) is 10.3. The lowest BCUT2D eigenvalue weighted by atomic mass is 10.2. The molecule has 0 saturated carbocycles. The Morgan fingerprint density at radius 2 is 2.24 bits per heavy atom. The van der Waals surface area contributed by atoms with E-state index in [0.29, 0.717) is 32.8 Å². The molecule has 1 fully saturated rings. The molecule has 3 heterocycles. The first-order valence-electron chi connectivity index (χ1n) is 7.22. The zero-order chi connectivity index (χ0) is 14.7. The molecule has 1 amide bonds. The second-order valence-corrected chi connectivity index (χ2v) is 5.18. The number of nitrogens with one attached hydrogen (secondary N) is 1. The molecule has 1 saturated heterocycles. The van der Waals surface area contributed by atoms with E-state index >= 15 is 0 Å². The summed E-state index contributed by atoms with van der Waals surface area (Å²) in [5.41, 5.74) is 2.03. The van der Waals surface area contributed by atoms with Gasteiger partial charge in [-0.2, -0.15) is 0 Å². The molecule has 21 heavy (non-hydrogen) atoms. The Labute approximate surface area is 123 Å². The average Bonchev–Trinajstić information content (AvgIpc) is 2.87. The van der Waals surface area contributed by atoms with Crippen LogP contribution in [-0.2, 0) is 22.6 Å². The lowest BCUT2D eigenvalue weighted by molar-refractivity contribution is -0.135. The van der Waals surface area contributed by atoms with Crippen LogP contribution >= 0.6 is 0 Å². The number of aromatic nitrogens is 2. The van der Waals surface area contributed by atoms with E-state index in [-0.39, 0.29) is 5.91 Å². The van der Waals surface area contributed by atoms with Crippen molar-refractivity contribution in [3.05, 3.63) is 30.1 Å². The first-order valence-corrected chi connectivity index (χ1v) is 7.22. The van der Waals surface area contributed by atoms with E-state index in [1.54, 1.807) is 6.20 Å². The Bertz CT molecular complexity index is 632. The number of carbonyl (C=O) groups excluding carboxylic acids is 1. The van der Waals surface area contributed by atoms with Crippen LogP contribution in [0.15, 0.2) is 24.5 Å². The predicted molar refractivity (Wildman–Crippen MR) is 79.9 cm³/mol. The second-order valence-electron chi connectivity index (χ2n) is 5.18. The maximum atomic E-state index is 12.4. The van der Waals surface area contributed by atoms with Gasteiger partial charge in [-0.05, 0) is 24.7 Å². The monoisotopic (exact) mass is 288 g/mol. The molecule has 2 aromatic heterocycles. The molecule has 0 aliphatic carbocycles. The van der Waals surface area contributed by atoms with Crippen LogP contribution in [0.5, 0.6) is 0 Å². The number of morpholine rings is 1. The van der Waals surface area contributed by atoms with Crippen molar-refractivity contribution in [1.82, 2.24) is 19.8 Å². The molecule has 1 N–H and O–H groups in total. The van der Waals surface area contributed by atoms with Gasteiger partial charge in [-0.15, -0.1) is 0 Å². The van der Waals surface area contributed by atoms with Gasteiger partial charge >= 0.3 is 0 Å². The van der Waals surface area contributed by atoms with Crippen molar-refractivity contribution in [2.24, 2.45) is 0 Å². The molecular weight excluding hydrogens is 268 g/mol. The third kappa shape index (κ3) is 2.91. The Kier molecular flexibility index (Phi) is 4.17. The van der Waals surface area contributed by atoms with Crippen molar-refractivity contribution >= 4 is 16.9 Å². The highest BCUT2D eigenvalue weighted by Crippen LogP contribution is 2.19. The van der Waals surface area contributed by atoms with Gasteiger partial charge in [-0.1, -0.05) is 0 Å². The summed E-state index contributed by atoms with van der Waals surface area (Å²) in [7, 11) is 1.92. The number of pyridine rings is 1. The second kappa shape index (κ2) is 6.24. The van der Waals surface area contributed by atoms with Crippen molar-refractivity contribution in [2.75, 3.05) is 33.4 Å². The van der Waals surface area contributed by atoms with Gasteiger partial charge in [-0.25, -0.2) is 4.98 Å². The van der Waals surface area contributed by atoms with Crippen LogP contribution in [0.2, 0.25) is 0 Å². The Hall–Kier alpha value is -1.92. The third-order valence-corrected chi connectivity index (χ3v) is 3.75. The highest BCUT2D eigenvalue weighted by atomic mass is 16.5. The van der Waals surface area contributed by atoms with Crippen LogP contribution in [-0.4, -0.2) is 53.7 Å². The number of ether oxygens (including phenoxy) is 1. The lowest BCUT2D eigenvalue weighted by Gasteiger charge is -2.27. The minimum atomic E-state index is 0.122. The first kappa shape index (κ1) is 14.0. The van der Waals surface area contributed by atoms with E-state index in [2.05, 4.69) is 10.3 Å². The van der Waals surface area contributed by atoms with Crippen LogP contribution in [0.1, 0.15) is 5.56 Å². The van der Waals surface area contributed by atoms with Gasteiger partial charge in [0.25, 0.3) is 0 Å². The molecule has 1 aliphatic rings. The van der Waals surface area contributed by atoms with Crippen LogP contribution in [0, 0.1) is 0 Å². The van der Waals surface area contributed by atoms with Gasteiger partial charge in [0.05, 0.1) is 13.2 Å². The average molecular weight is 288 g/mol. The number of amides is 1. The number of hydrogen-bond donors (Lipinski definition) is 1. The van der Waals surface area contributed by atoms with E-state index in [0.717, 1.165) is 23.1 Å². The van der Waals surface area contributed by atoms with E-state index in [4.69, 9.17) is 4.74 Å². The van der Waals surface area contributed by atoms with Gasteiger partial charge in [0, 0.05) is 37.4 Å². The Morgan fingerprint density at radius 3 is 3.00 bits per heavy atom. The summed E-state index contributed by atoms with van der Waals surface area (Å²) in [4.78, 5) is 18.7. The SMILES string of the molecule is CNCc1cn(CC(=O)N2CCOCC2)c2ncccc12. The quantitative estimate of drug-likeness (QED) is 0.896. The molecule has 112 valence electrons. The lowest BCUT2D eigenvalue weighted by Crippen LogP contribution is -2.42. The van der Waals surface area contributed by atoms with Gasteiger partial charge < -0.3 is 19.5 Å². The highest BCUT2D eigenvalue weighted by Gasteiger charge is 2.18. The smallest absolute Gasteiger partial charge is 0.242 e. The zero-order valence-corrected chi connectivity index (χ0v) is 12.2. The molecule has 0 bridgehead atoms. The summed E-state index contributed by atoms with van der Waals surface area (Å²) in [6.07, 6.45) is 3.79. The van der Waals surface area contributed by atoms with E-state index in [9.17, 15) is 4.79 Å². The van der Waals surface area contributed by atoms with Crippen molar-refractivity contribution in [3.63, 3.8) is 0 Å². The molecule has 0 aromatic carbocycles. The molecule has 0 radical (unpaired) electrons. The summed E-state index contributed by atoms with van der Waals surface area (Å²) >= 11 is 0. The molecule has 0 atom stereocenters. The minimum Gasteiger partial charge on any atom is -0.378 e. The summed E-state index contributed by atoms with van der Waals surface area (Å²) < 4.78 is 7.23. The predicted octanol–water partition coefficient (Wildman–Crippen LogP) is 0.615. The fourth-order valence-electron chi connectivity index (χ4n) is 2.71. The Morgan fingerprint density at radius 1 is 1.43 bits per heavy atom. The van der Waals surface area contributed by atoms with Gasteiger partial charge in [0.1, 0.15) is 12.2 Å². The van der Waals surface area contributed by atoms with Crippen LogP contribution in [0.25, 0.3) is 11.0 Å². The summed E-state index contributed by atoms with van der Waals surface area (Å²) in [5, 5.41) is 4.25. The molecule has 6 nitrogen and oxygen atoms in total. The minimum absolute atomic E-state index is 0.122. The molecule has 0 spiro atoms. The van der Waals surface area contributed by atoms with E-state index in [1.807, 2.05) is 34.8 Å². The molecule has 6 heteroatoms. The van der Waals surface area contributed by atoms with Crippen LogP contribution in [0.4, 0.5) is 0 Å². The number of rotatable bonds is 4. The summed E-state index contributed by atoms with van der Waals surface area (Å²) in [6.45, 7) is 3.70. The number of hydrogen-bond acceptors (Lipinski definition) is 4. The maximum Gasteiger partial charge on any atom is 0.242 e. The van der Waals surface area contributed by atoms with Crippen LogP contribution < -0.4 is 5.32 Å². The third-order valence-electron chi connectivity index (χ3n) is 3.75. The largest absolute Gasteiger partial charge is 0.378 e. The molecule has 0 unspecified atom stereocenters. The number of fused-ring (bicyclic) bond motifs is 1. The topological polar surface area (TPSA) is 59.4 Å². The molecular formula is C15H20N4O2. The van der Waals surface area contributed by atoms with Crippen LogP contribution in [0.3, 0.4) is 0 Å². The number of carbonyl (C=O) groups is 1. The van der Waals surface area contributed by atoms with E-state index < -0.39 is 0 Å². The highest BCUT2D eigenvalue weighted by molar-refractivity contribution is 5.83. The fourth-order valence-corrected chi connectivity index (χ4v) is 2.71. The van der Waals surface area contributed by atoms with Crippen molar-refractivity contribution in [1.29, 1.82) is 0 Å². The van der Waals surface area contributed by atoms with Crippen molar-refractivity contribution < 1.29 is 9.53 Å². The van der Waals surface area contributed by atoms with Gasteiger partial charge in [0.15, 0.2) is 0 Å². The molecule has 1 aliphatic heterocycles. The van der Waals surface area contributed by atoms with Gasteiger partial charge in [0.2, 0.25) is 5.91 Å². The van der Waals surface area contributed by atoms with Crippen molar-refractivity contribution in [2.45, 2.75) is 13.1 Å². The normalized spacial score (nSPS) is 15.6.